The fourth-order valence-electron chi connectivity index (χ4n) is 2.69. The summed E-state index contributed by atoms with van der Waals surface area (Å²) in [6.45, 7) is 4.08. The molecule has 1 atom stereocenters. The van der Waals surface area contributed by atoms with Crippen molar-refractivity contribution in [3.05, 3.63) is 23.5 Å². The summed E-state index contributed by atoms with van der Waals surface area (Å²) in [5.41, 5.74) is 1.62. The van der Waals surface area contributed by atoms with Crippen molar-refractivity contribution in [1.29, 1.82) is 0 Å². The Bertz CT molecular complexity index is 293. The number of likely N-dealkylation sites (N-methyl/N-ethyl adjacent to an activating group) is 1. The van der Waals surface area contributed by atoms with E-state index in [2.05, 4.69) is 24.4 Å². The third-order valence-electron chi connectivity index (χ3n) is 3.61. The molecule has 0 spiro atoms. The Kier molecular flexibility index (Phi) is 5.11. The van der Waals surface area contributed by atoms with Gasteiger partial charge in [-0.3, -0.25) is 0 Å². The maximum Gasteiger partial charge on any atom is 0.109 e. The molecule has 0 saturated heterocycles. The molecule has 2 heteroatoms. The predicted molar refractivity (Wildman–Crippen MR) is 71.9 cm³/mol. The van der Waals surface area contributed by atoms with Crippen LogP contribution in [0.3, 0.4) is 0 Å². The van der Waals surface area contributed by atoms with E-state index in [1.807, 2.05) is 0 Å². The molecule has 2 rings (SSSR count). The highest BCUT2D eigenvalue weighted by atomic mass is 16.5. The molecule has 1 heterocycles. The second-order valence-electron chi connectivity index (χ2n) is 5.02. The molecule has 0 fully saturated rings. The lowest BCUT2D eigenvalue weighted by molar-refractivity contribution is 0.167. The average molecular weight is 235 g/mol. The van der Waals surface area contributed by atoms with E-state index in [4.69, 9.17) is 4.74 Å². The van der Waals surface area contributed by atoms with Crippen LogP contribution in [0.2, 0.25) is 0 Å². The summed E-state index contributed by atoms with van der Waals surface area (Å²) in [7, 11) is 0. The van der Waals surface area contributed by atoms with E-state index in [0.29, 0.717) is 6.04 Å². The van der Waals surface area contributed by atoms with Gasteiger partial charge < -0.3 is 10.1 Å². The zero-order chi connectivity index (χ0) is 11.9. The number of hydrogen-bond donors (Lipinski definition) is 1. The van der Waals surface area contributed by atoms with Crippen LogP contribution >= 0.6 is 0 Å². The Morgan fingerprint density at radius 2 is 2.12 bits per heavy atom. The highest BCUT2D eigenvalue weighted by Crippen LogP contribution is 2.25. The van der Waals surface area contributed by atoms with Crippen molar-refractivity contribution in [1.82, 2.24) is 5.32 Å². The van der Waals surface area contributed by atoms with Crippen LogP contribution in [-0.4, -0.2) is 19.2 Å². The average Bonchev–Trinajstić information content (AvgIpc) is 2.40. The molecule has 1 unspecified atom stereocenters. The highest BCUT2D eigenvalue weighted by molar-refractivity contribution is 5.14. The van der Waals surface area contributed by atoms with Crippen LogP contribution in [0.25, 0.3) is 0 Å². The van der Waals surface area contributed by atoms with Gasteiger partial charge in [0.05, 0.1) is 12.6 Å². The molecule has 2 aliphatic rings. The first kappa shape index (κ1) is 12.7. The molecule has 0 bridgehead atoms. The zero-order valence-electron chi connectivity index (χ0n) is 11.0. The van der Waals surface area contributed by atoms with Crippen molar-refractivity contribution in [3.63, 3.8) is 0 Å². The van der Waals surface area contributed by atoms with Gasteiger partial charge in [0.1, 0.15) is 5.76 Å². The molecular weight excluding hydrogens is 210 g/mol. The second kappa shape index (κ2) is 6.85. The maximum atomic E-state index is 5.81. The van der Waals surface area contributed by atoms with Crippen LogP contribution in [0, 0.1) is 0 Å². The van der Waals surface area contributed by atoms with Crippen molar-refractivity contribution in [2.45, 2.75) is 57.9 Å². The third-order valence-corrected chi connectivity index (χ3v) is 3.61. The van der Waals surface area contributed by atoms with E-state index in [1.165, 1.54) is 44.3 Å². The van der Waals surface area contributed by atoms with Gasteiger partial charge in [-0.25, -0.2) is 0 Å². The Hall–Kier alpha value is -0.760. The van der Waals surface area contributed by atoms with Gasteiger partial charge in [-0.05, 0) is 57.6 Å². The van der Waals surface area contributed by atoms with Gasteiger partial charge in [-0.1, -0.05) is 18.6 Å². The van der Waals surface area contributed by atoms with E-state index < -0.39 is 0 Å². The van der Waals surface area contributed by atoms with Gasteiger partial charge >= 0.3 is 0 Å². The molecular formula is C15H25NO. The molecule has 0 aromatic heterocycles. The number of hydrogen-bond acceptors (Lipinski definition) is 2. The van der Waals surface area contributed by atoms with E-state index >= 15 is 0 Å². The van der Waals surface area contributed by atoms with Gasteiger partial charge in [-0.15, -0.1) is 0 Å². The van der Waals surface area contributed by atoms with Gasteiger partial charge in [0.2, 0.25) is 0 Å². The van der Waals surface area contributed by atoms with Gasteiger partial charge in [0.15, 0.2) is 0 Å². The van der Waals surface area contributed by atoms with Crippen molar-refractivity contribution >= 4 is 0 Å². The van der Waals surface area contributed by atoms with Crippen LogP contribution in [0.5, 0.6) is 0 Å². The summed E-state index contributed by atoms with van der Waals surface area (Å²) >= 11 is 0. The van der Waals surface area contributed by atoms with Gasteiger partial charge in [-0.2, -0.15) is 0 Å². The summed E-state index contributed by atoms with van der Waals surface area (Å²) in [6, 6.07) is 0.407. The molecule has 2 nitrogen and oxygen atoms in total. The Morgan fingerprint density at radius 3 is 2.76 bits per heavy atom. The van der Waals surface area contributed by atoms with Crippen LogP contribution in [0.4, 0.5) is 0 Å². The predicted octanol–water partition coefficient (Wildman–Crippen LogP) is 3.55. The number of nitrogens with one attached hydrogen (secondary N) is 1. The lowest BCUT2D eigenvalue weighted by atomic mass is 9.93. The Labute approximate surface area is 105 Å². The molecule has 1 N–H and O–H groups in total. The fraction of sp³-hybridized carbons (Fsp3) is 0.733. The smallest absolute Gasteiger partial charge is 0.109 e. The monoisotopic (exact) mass is 235 g/mol. The third kappa shape index (κ3) is 3.88. The minimum atomic E-state index is 0.407. The lowest BCUT2D eigenvalue weighted by Gasteiger charge is -2.26. The second-order valence-corrected chi connectivity index (χ2v) is 5.02. The number of allylic oxidation sites excluding steroid dienone is 2. The summed E-state index contributed by atoms with van der Waals surface area (Å²) in [4.78, 5) is 0. The van der Waals surface area contributed by atoms with Crippen molar-refractivity contribution < 1.29 is 4.74 Å². The minimum absolute atomic E-state index is 0.407. The highest BCUT2D eigenvalue weighted by Gasteiger charge is 2.19. The van der Waals surface area contributed by atoms with E-state index in [1.54, 1.807) is 5.57 Å². The maximum absolute atomic E-state index is 5.81. The summed E-state index contributed by atoms with van der Waals surface area (Å²) in [6.07, 6.45) is 13.5. The largest absolute Gasteiger partial charge is 0.497 e. The van der Waals surface area contributed by atoms with Crippen molar-refractivity contribution in [2.75, 3.05) is 13.2 Å². The quantitative estimate of drug-likeness (QED) is 0.736. The molecule has 96 valence electrons. The van der Waals surface area contributed by atoms with Crippen molar-refractivity contribution in [2.24, 2.45) is 0 Å². The van der Waals surface area contributed by atoms with Crippen molar-refractivity contribution in [3.8, 4) is 0 Å². The first-order chi connectivity index (χ1) is 8.40. The normalized spacial score (nSPS) is 22.4. The van der Waals surface area contributed by atoms with Crippen LogP contribution in [-0.2, 0) is 4.74 Å². The van der Waals surface area contributed by atoms with E-state index in [0.717, 1.165) is 19.6 Å². The fourth-order valence-corrected chi connectivity index (χ4v) is 2.69. The molecule has 1 aliphatic carbocycles. The molecule has 1 aliphatic heterocycles. The van der Waals surface area contributed by atoms with Crippen LogP contribution < -0.4 is 5.32 Å². The molecule has 0 amide bonds. The number of ether oxygens (including phenoxy) is 1. The standard InChI is InChI=1S/C15H25NO/c1-2-16-14(15-10-6-7-11-17-15)12-13-8-4-3-5-9-13/h8,10,14,16H,2-7,9,11-12H2,1H3. The van der Waals surface area contributed by atoms with E-state index in [-0.39, 0.29) is 0 Å². The first-order valence-corrected chi connectivity index (χ1v) is 7.14. The summed E-state index contributed by atoms with van der Waals surface area (Å²) in [5, 5.41) is 3.57. The first-order valence-electron chi connectivity index (χ1n) is 7.14. The van der Waals surface area contributed by atoms with Gasteiger partial charge in [0, 0.05) is 0 Å². The lowest BCUT2D eigenvalue weighted by Crippen LogP contribution is -2.33. The Morgan fingerprint density at radius 1 is 1.24 bits per heavy atom. The summed E-state index contributed by atoms with van der Waals surface area (Å²) < 4.78 is 5.81. The molecule has 0 aromatic rings. The van der Waals surface area contributed by atoms with Gasteiger partial charge in [0.25, 0.3) is 0 Å². The Balaban J connectivity index is 1.95. The summed E-state index contributed by atoms with van der Waals surface area (Å²) in [5.74, 6) is 1.18. The molecule has 0 radical (unpaired) electrons. The molecule has 0 aromatic carbocycles. The topological polar surface area (TPSA) is 21.3 Å². The molecule has 0 saturated carbocycles. The SMILES string of the molecule is CCNC(CC1=CCCCC1)C1=CCCCO1. The number of rotatable bonds is 5. The van der Waals surface area contributed by atoms with E-state index in [9.17, 15) is 0 Å². The zero-order valence-corrected chi connectivity index (χ0v) is 11.0. The van der Waals surface area contributed by atoms with Crippen LogP contribution in [0.15, 0.2) is 23.5 Å². The molecule has 17 heavy (non-hydrogen) atoms. The van der Waals surface area contributed by atoms with Crippen LogP contribution in [0.1, 0.15) is 51.9 Å². The minimum Gasteiger partial charge on any atom is -0.497 e.